The molecule has 21 heavy (non-hydrogen) atoms. The molecule has 0 saturated carbocycles. The fourth-order valence-corrected chi connectivity index (χ4v) is 2.61. The SMILES string of the molecule is CCC1C(=O)NC(=O)CN1CCCC(=O)c1ccccc1. The van der Waals surface area contributed by atoms with Crippen LogP contribution in [0.2, 0.25) is 0 Å². The van der Waals surface area contributed by atoms with Gasteiger partial charge in [0.15, 0.2) is 5.78 Å². The Labute approximate surface area is 124 Å². The molecule has 1 aliphatic rings. The van der Waals surface area contributed by atoms with E-state index in [1.807, 2.05) is 30.0 Å². The highest BCUT2D eigenvalue weighted by molar-refractivity contribution is 6.01. The average molecular weight is 288 g/mol. The van der Waals surface area contributed by atoms with Gasteiger partial charge in [0.25, 0.3) is 0 Å². The predicted molar refractivity (Wildman–Crippen MR) is 78.8 cm³/mol. The number of ketones is 1. The number of Topliss-reactive ketones (excluding diaryl/α,β-unsaturated/α-hetero) is 1. The van der Waals surface area contributed by atoms with Crippen molar-refractivity contribution in [3.8, 4) is 0 Å². The zero-order valence-corrected chi connectivity index (χ0v) is 12.2. The highest BCUT2D eigenvalue weighted by Gasteiger charge is 2.31. The van der Waals surface area contributed by atoms with E-state index in [9.17, 15) is 14.4 Å². The Morgan fingerprint density at radius 1 is 1.29 bits per heavy atom. The molecule has 0 spiro atoms. The molecule has 1 fully saturated rings. The summed E-state index contributed by atoms with van der Waals surface area (Å²) in [5.74, 6) is -0.404. The van der Waals surface area contributed by atoms with Crippen molar-refractivity contribution in [1.82, 2.24) is 10.2 Å². The van der Waals surface area contributed by atoms with E-state index in [1.54, 1.807) is 12.1 Å². The number of nitrogens with one attached hydrogen (secondary N) is 1. The van der Waals surface area contributed by atoms with Gasteiger partial charge in [0.2, 0.25) is 11.8 Å². The number of hydrogen-bond acceptors (Lipinski definition) is 4. The molecular formula is C16H20N2O3. The number of piperazine rings is 1. The van der Waals surface area contributed by atoms with Gasteiger partial charge in [-0.25, -0.2) is 0 Å². The first kappa shape index (κ1) is 15.4. The first-order valence-electron chi connectivity index (χ1n) is 7.27. The van der Waals surface area contributed by atoms with Gasteiger partial charge in [-0.15, -0.1) is 0 Å². The third-order valence-electron chi connectivity index (χ3n) is 3.68. The lowest BCUT2D eigenvalue weighted by Crippen LogP contribution is -2.57. The van der Waals surface area contributed by atoms with Crippen molar-refractivity contribution in [3.05, 3.63) is 35.9 Å². The van der Waals surface area contributed by atoms with Crippen LogP contribution in [0.4, 0.5) is 0 Å². The molecule has 2 amide bonds. The zero-order valence-electron chi connectivity index (χ0n) is 12.2. The van der Waals surface area contributed by atoms with Gasteiger partial charge in [0.1, 0.15) is 0 Å². The molecule has 1 aromatic rings. The summed E-state index contributed by atoms with van der Waals surface area (Å²) in [5, 5.41) is 2.35. The van der Waals surface area contributed by atoms with Crippen LogP contribution < -0.4 is 5.32 Å². The lowest BCUT2D eigenvalue weighted by molar-refractivity contribution is -0.140. The van der Waals surface area contributed by atoms with Gasteiger partial charge in [-0.1, -0.05) is 37.3 Å². The number of amides is 2. The average Bonchev–Trinajstić information content (AvgIpc) is 2.47. The number of benzene rings is 1. The molecule has 1 heterocycles. The molecule has 1 aliphatic heterocycles. The quantitative estimate of drug-likeness (QED) is 0.634. The highest BCUT2D eigenvalue weighted by Crippen LogP contribution is 2.12. The number of hydrogen-bond donors (Lipinski definition) is 1. The van der Waals surface area contributed by atoms with E-state index in [4.69, 9.17) is 0 Å². The molecule has 0 aliphatic carbocycles. The van der Waals surface area contributed by atoms with E-state index >= 15 is 0 Å². The molecule has 1 N–H and O–H groups in total. The molecular weight excluding hydrogens is 268 g/mol. The minimum atomic E-state index is -0.269. The summed E-state index contributed by atoms with van der Waals surface area (Å²) in [5.41, 5.74) is 0.706. The van der Waals surface area contributed by atoms with Crippen molar-refractivity contribution in [2.24, 2.45) is 0 Å². The Hall–Kier alpha value is -2.01. The van der Waals surface area contributed by atoms with Crippen molar-refractivity contribution in [3.63, 3.8) is 0 Å². The van der Waals surface area contributed by atoms with E-state index in [0.717, 1.165) is 0 Å². The number of rotatable bonds is 6. The molecule has 2 rings (SSSR count). The fourth-order valence-electron chi connectivity index (χ4n) is 2.61. The standard InChI is InChI=1S/C16H20N2O3/c1-2-13-16(21)17-15(20)11-18(13)10-6-9-14(19)12-7-4-3-5-8-12/h3-5,7-8,13H,2,6,9-11H2,1H3,(H,17,20,21). The third kappa shape index (κ3) is 3.98. The number of carbonyl (C=O) groups excluding carboxylic acids is 3. The second-order valence-corrected chi connectivity index (χ2v) is 5.20. The van der Waals surface area contributed by atoms with E-state index in [1.165, 1.54) is 0 Å². The number of carbonyl (C=O) groups is 3. The normalized spacial score (nSPS) is 19.4. The Morgan fingerprint density at radius 2 is 2.00 bits per heavy atom. The van der Waals surface area contributed by atoms with E-state index < -0.39 is 0 Å². The molecule has 1 saturated heterocycles. The minimum absolute atomic E-state index is 0.0939. The van der Waals surface area contributed by atoms with E-state index in [2.05, 4.69) is 5.32 Å². The van der Waals surface area contributed by atoms with Gasteiger partial charge >= 0.3 is 0 Å². The van der Waals surface area contributed by atoms with Crippen molar-refractivity contribution in [2.75, 3.05) is 13.1 Å². The van der Waals surface area contributed by atoms with Crippen LogP contribution in [0, 0.1) is 0 Å². The Bertz CT molecular complexity index is 528. The molecule has 5 heteroatoms. The van der Waals surface area contributed by atoms with Gasteiger partial charge in [-0.2, -0.15) is 0 Å². The van der Waals surface area contributed by atoms with Crippen molar-refractivity contribution in [1.29, 1.82) is 0 Å². The molecule has 0 aromatic heterocycles. The maximum absolute atomic E-state index is 12.0. The lowest BCUT2D eigenvalue weighted by Gasteiger charge is -2.33. The maximum Gasteiger partial charge on any atom is 0.243 e. The van der Waals surface area contributed by atoms with Crippen LogP contribution in [0.15, 0.2) is 30.3 Å². The second-order valence-electron chi connectivity index (χ2n) is 5.20. The van der Waals surface area contributed by atoms with Crippen molar-refractivity contribution < 1.29 is 14.4 Å². The topological polar surface area (TPSA) is 66.5 Å². The third-order valence-corrected chi connectivity index (χ3v) is 3.68. The summed E-state index contributed by atoms with van der Waals surface area (Å²) in [6.07, 6.45) is 1.73. The molecule has 0 radical (unpaired) electrons. The van der Waals surface area contributed by atoms with Crippen LogP contribution in [0.5, 0.6) is 0 Å². The molecule has 1 aromatic carbocycles. The number of imide groups is 1. The zero-order chi connectivity index (χ0) is 15.2. The summed E-state index contributed by atoms with van der Waals surface area (Å²) in [4.78, 5) is 37.0. The minimum Gasteiger partial charge on any atom is -0.294 e. The van der Waals surface area contributed by atoms with E-state index in [0.29, 0.717) is 31.4 Å². The summed E-state index contributed by atoms with van der Waals surface area (Å²) >= 11 is 0. The van der Waals surface area contributed by atoms with Gasteiger partial charge in [-0.3, -0.25) is 24.6 Å². The molecule has 0 bridgehead atoms. The summed E-state index contributed by atoms with van der Waals surface area (Å²) in [7, 11) is 0. The Balaban J connectivity index is 1.86. The van der Waals surface area contributed by atoms with Crippen molar-refractivity contribution >= 4 is 17.6 Å². The van der Waals surface area contributed by atoms with Crippen LogP contribution in [0.1, 0.15) is 36.5 Å². The monoisotopic (exact) mass is 288 g/mol. The maximum atomic E-state index is 12.0. The largest absolute Gasteiger partial charge is 0.294 e. The predicted octanol–water partition coefficient (Wildman–Crippen LogP) is 1.39. The van der Waals surface area contributed by atoms with Crippen LogP contribution in [-0.2, 0) is 9.59 Å². The molecule has 1 atom stereocenters. The van der Waals surface area contributed by atoms with E-state index in [-0.39, 0.29) is 30.2 Å². The molecule has 112 valence electrons. The van der Waals surface area contributed by atoms with Gasteiger partial charge in [-0.05, 0) is 19.4 Å². The summed E-state index contributed by atoms with van der Waals surface area (Å²) in [6.45, 7) is 2.72. The molecule has 5 nitrogen and oxygen atoms in total. The van der Waals surface area contributed by atoms with Crippen LogP contribution >= 0.6 is 0 Å². The van der Waals surface area contributed by atoms with Gasteiger partial charge in [0.05, 0.1) is 12.6 Å². The van der Waals surface area contributed by atoms with Crippen molar-refractivity contribution in [2.45, 2.75) is 32.2 Å². The lowest BCUT2D eigenvalue weighted by atomic mass is 10.1. The second kappa shape index (κ2) is 7.13. The first-order chi connectivity index (χ1) is 10.1. The Kier molecular flexibility index (Phi) is 5.22. The van der Waals surface area contributed by atoms with Crippen LogP contribution in [0.3, 0.4) is 0 Å². The van der Waals surface area contributed by atoms with Gasteiger partial charge < -0.3 is 0 Å². The van der Waals surface area contributed by atoms with Gasteiger partial charge in [0, 0.05) is 12.0 Å². The highest BCUT2D eigenvalue weighted by atomic mass is 16.2. The smallest absolute Gasteiger partial charge is 0.243 e. The first-order valence-corrected chi connectivity index (χ1v) is 7.27. The summed E-state index contributed by atoms with van der Waals surface area (Å²) < 4.78 is 0. The Morgan fingerprint density at radius 3 is 2.67 bits per heavy atom. The summed E-state index contributed by atoms with van der Waals surface area (Å²) in [6, 6.07) is 8.89. The number of nitrogens with zero attached hydrogens (tertiary/aromatic N) is 1. The van der Waals surface area contributed by atoms with Crippen LogP contribution in [-0.4, -0.2) is 41.6 Å². The molecule has 1 unspecified atom stereocenters. The fraction of sp³-hybridized carbons (Fsp3) is 0.438. The van der Waals surface area contributed by atoms with Crippen LogP contribution in [0.25, 0.3) is 0 Å².